The van der Waals surface area contributed by atoms with Gasteiger partial charge in [0.2, 0.25) is 11.8 Å². The first-order chi connectivity index (χ1) is 13.7. The van der Waals surface area contributed by atoms with E-state index in [2.05, 4.69) is 15.3 Å². The highest BCUT2D eigenvalue weighted by Gasteiger charge is 2.36. The van der Waals surface area contributed by atoms with Crippen LogP contribution in [0.1, 0.15) is 69.6 Å². The number of sulfone groups is 1. The Hall–Kier alpha value is -2.10. The van der Waals surface area contributed by atoms with Crippen LogP contribution in [0.5, 0.6) is 5.88 Å². The largest absolute Gasteiger partial charge is 0.474 e. The molecule has 10 heteroatoms. The van der Waals surface area contributed by atoms with E-state index in [1.807, 2.05) is 20.8 Å². The molecule has 1 aliphatic rings. The smallest absolute Gasteiger partial charge is 0.258 e. The minimum atomic E-state index is -3.32. The number of ether oxygens (including phenoxy) is 1. The highest BCUT2D eigenvalue weighted by molar-refractivity contribution is 7.93. The number of nitrogens with one attached hydrogen (secondary N) is 1. The van der Waals surface area contributed by atoms with Gasteiger partial charge in [-0.3, -0.25) is 4.79 Å². The molecule has 1 fully saturated rings. The van der Waals surface area contributed by atoms with E-state index in [1.165, 1.54) is 12.3 Å². The van der Waals surface area contributed by atoms with Crippen molar-refractivity contribution in [1.29, 1.82) is 0 Å². The van der Waals surface area contributed by atoms with Crippen molar-refractivity contribution in [3.05, 3.63) is 29.1 Å². The molecule has 1 amide bonds. The monoisotopic (exact) mass is 445 g/mol. The zero-order valence-electron chi connectivity index (χ0n) is 17.9. The van der Waals surface area contributed by atoms with E-state index >= 15 is 0 Å². The van der Waals surface area contributed by atoms with Crippen LogP contribution in [-0.4, -0.2) is 48.6 Å². The van der Waals surface area contributed by atoms with Crippen LogP contribution < -0.4 is 10.1 Å². The van der Waals surface area contributed by atoms with Gasteiger partial charge in [0, 0.05) is 42.2 Å². The maximum Gasteiger partial charge on any atom is 0.258 e. The fourth-order valence-corrected chi connectivity index (χ4v) is 3.38. The molecule has 0 saturated heterocycles. The summed E-state index contributed by atoms with van der Waals surface area (Å²) in [5, 5.41) is 3.66. The molecule has 1 unspecified atom stereocenters. The highest BCUT2D eigenvalue weighted by Crippen LogP contribution is 2.35. The number of hydrogen-bond acceptors (Lipinski definition) is 6. The molecule has 168 valence electrons. The van der Waals surface area contributed by atoms with Crippen molar-refractivity contribution in [1.82, 2.24) is 15.3 Å². The third kappa shape index (κ3) is 7.30. The van der Waals surface area contributed by atoms with E-state index in [0.29, 0.717) is 5.82 Å². The fraction of sp³-hybridized carbons (Fsp3) is 0.650. The van der Waals surface area contributed by atoms with Crippen LogP contribution in [0.2, 0.25) is 0 Å². The quantitative estimate of drug-likeness (QED) is 0.721. The molecule has 0 radical (unpaired) electrons. The molecule has 1 heterocycles. The lowest BCUT2D eigenvalue weighted by Gasteiger charge is -2.29. The van der Waals surface area contributed by atoms with Crippen molar-refractivity contribution in [3.8, 4) is 5.88 Å². The Morgan fingerprint density at radius 3 is 2.47 bits per heavy atom. The van der Waals surface area contributed by atoms with Gasteiger partial charge in [-0.1, -0.05) is 26.8 Å². The molecule has 1 aromatic rings. The van der Waals surface area contributed by atoms with Crippen LogP contribution in [0, 0.1) is 0 Å². The number of rotatable bonds is 6. The molecule has 1 saturated carbocycles. The van der Waals surface area contributed by atoms with E-state index in [1.54, 1.807) is 6.92 Å². The summed E-state index contributed by atoms with van der Waals surface area (Å²) >= 11 is 0. The molecular formula is C20H29F2N3O4S. The molecule has 30 heavy (non-hydrogen) atoms. The van der Waals surface area contributed by atoms with Crippen LogP contribution >= 0.6 is 0 Å². The van der Waals surface area contributed by atoms with Crippen molar-refractivity contribution in [2.45, 2.75) is 76.9 Å². The van der Waals surface area contributed by atoms with E-state index in [-0.39, 0.29) is 37.1 Å². The summed E-state index contributed by atoms with van der Waals surface area (Å²) in [4.78, 5) is 21.4. The van der Waals surface area contributed by atoms with Gasteiger partial charge in [-0.2, -0.15) is 4.98 Å². The number of hydrogen-bond donors (Lipinski definition) is 1. The lowest BCUT2D eigenvalue weighted by Crippen LogP contribution is -2.34. The lowest BCUT2D eigenvalue weighted by molar-refractivity contribution is -0.0589. The van der Waals surface area contributed by atoms with Crippen molar-refractivity contribution >= 4 is 15.7 Å². The van der Waals surface area contributed by atoms with Crippen molar-refractivity contribution in [3.63, 3.8) is 0 Å². The Morgan fingerprint density at radius 2 is 1.93 bits per heavy atom. The number of amides is 1. The Labute approximate surface area is 176 Å². The topological polar surface area (TPSA) is 98.2 Å². The summed E-state index contributed by atoms with van der Waals surface area (Å²) in [5.74, 6) is -2.73. The summed E-state index contributed by atoms with van der Waals surface area (Å²) in [5.41, 5.74) is -0.335. The normalized spacial score (nSPS) is 18.9. The first-order valence-corrected chi connectivity index (χ1v) is 11.7. The fourth-order valence-electron chi connectivity index (χ4n) is 2.86. The van der Waals surface area contributed by atoms with Crippen LogP contribution in [0.4, 0.5) is 8.78 Å². The van der Waals surface area contributed by atoms with Crippen LogP contribution in [0.15, 0.2) is 17.7 Å². The predicted molar refractivity (Wildman–Crippen MR) is 109 cm³/mol. The SMILES string of the molecule is CC(C=CS(C)(=O)=O)NC(=O)c1cnc(C(C)(C)C)nc1OC1CCC(F)(F)CC1. The maximum atomic E-state index is 13.4. The molecule has 1 atom stereocenters. The zero-order valence-corrected chi connectivity index (χ0v) is 18.7. The molecule has 1 aromatic heterocycles. The van der Waals surface area contributed by atoms with Crippen molar-refractivity contribution < 1.29 is 26.7 Å². The number of alkyl halides is 2. The van der Waals surface area contributed by atoms with Crippen LogP contribution in [-0.2, 0) is 15.3 Å². The predicted octanol–water partition coefficient (Wildman–Crippen LogP) is 3.41. The molecule has 2 rings (SSSR count). The second-order valence-electron chi connectivity index (χ2n) is 8.76. The minimum absolute atomic E-state index is 0.0435. The Balaban J connectivity index is 2.25. The molecule has 7 nitrogen and oxygen atoms in total. The minimum Gasteiger partial charge on any atom is -0.474 e. The summed E-state index contributed by atoms with van der Waals surface area (Å²) in [6.07, 6.45) is 3.06. The molecule has 0 spiro atoms. The first-order valence-electron chi connectivity index (χ1n) is 9.77. The third-order valence-electron chi connectivity index (χ3n) is 4.58. The van der Waals surface area contributed by atoms with Gasteiger partial charge in [0.05, 0.1) is 0 Å². The van der Waals surface area contributed by atoms with Crippen LogP contribution in [0.25, 0.3) is 0 Å². The summed E-state index contributed by atoms with van der Waals surface area (Å²) in [7, 11) is -3.32. The van der Waals surface area contributed by atoms with Gasteiger partial charge in [0.1, 0.15) is 17.5 Å². The van der Waals surface area contributed by atoms with E-state index in [9.17, 15) is 22.0 Å². The van der Waals surface area contributed by atoms with Gasteiger partial charge < -0.3 is 10.1 Å². The number of halogens is 2. The highest BCUT2D eigenvalue weighted by atomic mass is 32.2. The second kappa shape index (κ2) is 8.95. The number of aromatic nitrogens is 2. The lowest BCUT2D eigenvalue weighted by atomic mass is 9.94. The number of carbonyl (C=O) groups excluding carboxylic acids is 1. The molecular weight excluding hydrogens is 416 g/mol. The van der Waals surface area contributed by atoms with Gasteiger partial charge in [-0.25, -0.2) is 22.2 Å². The first kappa shape index (κ1) is 24.2. The number of nitrogens with zero attached hydrogens (tertiary/aromatic N) is 2. The zero-order chi connectivity index (χ0) is 22.7. The number of carbonyl (C=O) groups is 1. The standard InChI is InChI=1S/C20H29F2N3O4S/c1-13(8-11-30(5,27)28)24-16(26)15-12-23-18(19(2,3)4)25-17(15)29-14-6-9-20(21,22)10-7-14/h8,11-14H,6-7,9-10H2,1-5H3,(H,24,26). The van der Waals surface area contributed by atoms with Gasteiger partial charge >= 0.3 is 0 Å². The average Bonchev–Trinajstić information content (AvgIpc) is 2.60. The van der Waals surface area contributed by atoms with E-state index in [4.69, 9.17) is 4.74 Å². The Bertz CT molecular complexity index is 901. The second-order valence-corrected chi connectivity index (χ2v) is 10.7. The van der Waals surface area contributed by atoms with Gasteiger partial charge in [0.25, 0.3) is 5.91 Å². The van der Waals surface area contributed by atoms with Gasteiger partial charge in [0.15, 0.2) is 9.84 Å². The molecule has 0 aliphatic heterocycles. The molecule has 0 aromatic carbocycles. The summed E-state index contributed by atoms with van der Waals surface area (Å²) < 4.78 is 55.3. The van der Waals surface area contributed by atoms with Gasteiger partial charge in [-0.15, -0.1) is 0 Å². The van der Waals surface area contributed by atoms with Crippen molar-refractivity contribution in [2.24, 2.45) is 0 Å². The maximum absolute atomic E-state index is 13.4. The van der Waals surface area contributed by atoms with E-state index in [0.717, 1.165) is 11.7 Å². The van der Waals surface area contributed by atoms with Crippen LogP contribution in [0.3, 0.4) is 0 Å². The molecule has 0 bridgehead atoms. The molecule has 1 N–H and O–H groups in total. The van der Waals surface area contributed by atoms with Gasteiger partial charge in [-0.05, 0) is 19.8 Å². The van der Waals surface area contributed by atoms with Crippen molar-refractivity contribution in [2.75, 3.05) is 6.26 Å². The Kier molecular flexibility index (Phi) is 7.21. The molecule has 1 aliphatic carbocycles. The summed E-state index contributed by atoms with van der Waals surface area (Å²) in [6.45, 7) is 7.34. The Morgan fingerprint density at radius 1 is 1.33 bits per heavy atom. The van der Waals surface area contributed by atoms with E-state index < -0.39 is 39.2 Å². The summed E-state index contributed by atoms with van der Waals surface area (Å²) in [6, 6.07) is -0.573. The third-order valence-corrected chi connectivity index (χ3v) is 5.24. The average molecular weight is 446 g/mol.